The maximum absolute atomic E-state index is 12.3. The van der Waals surface area contributed by atoms with E-state index in [2.05, 4.69) is 9.71 Å². The zero-order valence-electron chi connectivity index (χ0n) is 12.1. The number of hydrogen-bond donors (Lipinski definition) is 2. The topological polar surface area (TPSA) is 96.4 Å². The van der Waals surface area contributed by atoms with Gasteiger partial charge in [-0.25, -0.2) is 22.9 Å². The zero-order chi connectivity index (χ0) is 16.3. The van der Waals surface area contributed by atoms with Crippen molar-refractivity contribution in [1.82, 2.24) is 9.71 Å². The lowest BCUT2D eigenvalue weighted by Gasteiger charge is -2.09. The van der Waals surface area contributed by atoms with Crippen LogP contribution in [0.3, 0.4) is 0 Å². The van der Waals surface area contributed by atoms with E-state index in [-0.39, 0.29) is 23.1 Å². The molecule has 2 rings (SSSR count). The van der Waals surface area contributed by atoms with Gasteiger partial charge in [-0.05, 0) is 23.6 Å². The number of thiazole rings is 1. The standard InChI is InChI=1S/C14H16N2O4S2/c1-9(2)10-4-3-5-11(6-10)22(19,20)15-7-13-16-12(8-21-13)14(17)18/h3-6,8-9,15H,7H2,1-2H3,(H,17,18). The van der Waals surface area contributed by atoms with Gasteiger partial charge >= 0.3 is 5.97 Å². The van der Waals surface area contributed by atoms with Crippen LogP contribution < -0.4 is 4.72 Å². The zero-order valence-corrected chi connectivity index (χ0v) is 13.7. The number of hydrogen-bond acceptors (Lipinski definition) is 5. The van der Waals surface area contributed by atoms with E-state index < -0.39 is 16.0 Å². The van der Waals surface area contributed by atoms with Gasteiger partial charge in [0.15, 0.2) is 5.69 Å². The van der Waals surface area contributed by atoms with Gasteiger partial charge in [0.25, 0.3) is 0 Å². The van der Waals surface area contributed by atoms with Gasteiger partial charge in [-0.15, -0.1) is 11.3 Å². The molecule has 118 valence electrons. The van der Waals surface area contributed by atoms with Crippen molar-refractivity contribution in [3.8, 4) is 0 Å². The molecule has 0 fully saturated rings. The molecule has 0 aliphatic heterocycles. The van der Waals surface area contributed by atoms with Gasteiger partial charge in [0.1, 0.15) is 5.01 Å². The van der Waals surface area contributed by atoms with Crippen LogP contribution in [0.2, 0.25) is 0 Å². The lowest BCUT2D eigenvalue weighted by atomic mass is 10.0. The van der Waals surface area contributed by atoms with Gasteiger partial charge < -0.3 is 5.11 Å². The smallest absolute Gasteiger partial charge is 0.355 e. The molecule has 1 heterocycles. The lowest BCUT2D eigenvalue weighted by Crippen LogP contribution is -2.23. The first-order valence-electron chi connectivity index (χ1n) is 6.57. The Morgan fingerprint density at radius 2 is 2.14 bits per heavy atom. The van der Waals surface area contributed by atoms with E-state index in [9.17, 15) is 13.2 Å². The van der Waals surface area contributed by atoms with Crippen LogP contribution in [0.1, 0.15) is 40.8 Å². The van der Waals surface area contributed by atoms with Crippen LogP contribution in [0.5, 0.6) is 0 Å². The fraction of sp³-hybridized carbons (Fsp3) is 0.286. The van der Waals surface area contributed by atoms with Crippen LogP contribution in [0.15, 0.2) is 34.5 Å². The molecule has 8 heteroatoms. The third-order valence-corrected chi connectivity index (χ3v) is 5.27. The Bertz CT molecular complexity index is 782. The Labute approximate surface area is 132 Å². The molecule has 0 spiro atoms. The van der Waals surface area contributed by atoms with Gasteiger partial charge in [0.2, 0.25) is 10.0 Å². The third-order valence-electron chi connectivity index (χ3n) is 3.02. The van der Waals surface area contributed by atoms with Crippen molar-refractivity contribution in [2.45, 2.75) is 31.2 Å². The molecule has 0 unspecified atom stereocenters. The number of benzene rings is 1. The van der Waals surface area contributed by atoms with Crippen molar-refractivity contribution in [3.63, 3.8) is 0 Å². The van der Waals surface area contributed by atoms with Crippen LogP contribution in [-0.4, -0.2) is 24.5 Å². The van der Waals surface area contributed by atoms with Gasteiger partial charge in [-0.2, -0.15) is 0 Å². The van der Waals surface area contributed by atoms with E-state index in [1.165, 1.54) is 11.4 Å². The van der Waals surface area contributed by atoms with Gasteiger partial charge in [-0.3, -0.25) is 0 Å². The van der Waals surface area contributed by atoms with Crippen LogP contribution >= 0.6 is 11.3 Å². The minimum atomic E-state index is -3.66. The molecule has 0 radical (unpaired) electrons. The monoisotopic (exact) mass is 340 g/mol. The maximum Gasteiger partial charge on any atom is 0.355 e. The summed E-state index contributed by atoms with van der Waals surface area (Å²) in [6.07, 6.45) is 0. The highest BCUT2D eigenvalue weighted by Crippen LogP contribution is 2.19. The summed E-state index contributed by atoms with van der Waals surface area (Å²) >= 11 is 1.10. The second-order valence-electron chi connectivity index (χ2n) is 4.98. The van der Waals surface area contributed by atoms with Crippen LogP contribution in [0.4, 0.5) is 0 Å². The molecule has 0 aliphatic carbocycles. The maximum atomic E-state index is 12.3. The summed E-state index contributed by atoms with van der Waals surface area (Å²) in [4.78, 5) is 14.8. The number of carboxylic acids is 1. The molecular formula is C14H16N2O4S2. The van der Waals surface area contributed by atoms with Gasteiger partial charge in [-0.1, -0.05) is 26.0 Å². The predicted octanol–water partition coefficient (Wildman–Crippen LogP) is 2.44. The fourth-order valence-corrected chi connectivity index (χ4v) is 3.61. The highest BCUT2D eigenvalue weighted by Gasteiger charge is 2.16. The van der Waals surface area contributed by atoms with Crippen molar-refractivity contribution >= 4 is 27.3 Å². The Balaban J connectivity index is 2.13. The quantitative estimate of drug-likeness (QED) is 0.842. The number of aromatic carboxylic acids is 1. The Kier molecular flexibility index (Phi) is 4.94. The van der Waals surface area contributed by atoms with E-state index in [1.54, 1.807) is 12.1 Å². The second-order valence-corrected chi connectivity index (χ2v) is 7.69. The number of carboxylic acid groups (broad SMARTS) is 1. The molecule has 0 aliphatic rings. The largest absolute Gasteiger partial charge is 0.476 e. The summed E-state index contributed by atoms with van der Waals surface area (Å²) in [6, 6.07) is 6.75. The first-order chi connectivity index (χ1) is 10.3. The molecule has 1 aromatic heterocycles. The summed E-state index contributed by atoms with van der Waals surface area (Å²) < 4.78 is 27.0. The van der Waals surface area contributed by atoms with Crippen molar-refractivity contribution < 1.29 is 18.3 Å². The summed E-state index contributed by atoms with van der Waals surface area (Å²) in [6.45, 7) is 3.94. The predicted molar refractivity (Wildman–Crippen MR) is 83.6 cm³/mol. The van der Waals surface area contributed by atoms with Crippen molar-refractivity contribution in [2.75, 3.05) is 0 Å². The van der Waals surface area contributed by atoms with Gasteiger partial charge in [0, 0.05) is 5.38 Å². The third kappa shape index (κ3) is 3.90. The number of aromatic nitrogens is 1. The minimum Gasteiger partial charge on any atom is -0.476 e. The van der Waals surface area contributed by atoms with Crippen LogP contribution in [-0.2, 0) is 16.6 Å². The summed E-state index contributed by atoms with van der Waals surface area (Å²) in [5.41, 5.74) is 0.853. The first-order valence-corrected chi connectivity index (χ1v) is 8.93. The first kappa shape index (κ1) is 16.6. The number of nitrogens with one attached hydrogen (secondary N) is 1. The van der Waals surface area contributed by atoms with Crippen LogP contribution in [0, 0.1) is 0 Å². The second kappa shape index (κ2) is 6.55. The Hall–Kier alpha value is -1.77. The number of rotatable bonds is 6. The normalized spacial score (nSPS) is 11.8. The molecule has 22 heavy (non-hydrogen) atoms. The van der Waals surface area contributed by atoms with E-state index in [0.29, 0.717) is 5.01 Å². The van der Waals surface area contributed by atoms with Crippen molar-refractivity contribution in [1.29, 1.82) is 0 Å². The molecule has 0 saturated carbocycles. The fourth-order valence-electron chi connectivity index (χ4n) is 1.77. The molecule has 2 N–H and O–H groups in total. The number of nitrogens with zero attached hydrogens (tertiary/aromatic N) is 1. The van der Waals surface area contributed by atoms with Crippen molar-refractivity contribution in [3.05, 3.63) is 45.9 Å². The Morgan fingerprint density at radius 3 is 2.73 bits per heavy atom. The molecule has 1 aromatic carbocycles. The van der Waals surface area contributed by atoms with Crippen molar-refractivity contribution in [2.24, 2.45) is 0 Å². The molecule has 6 nitrogen and oxygen atoms in total. The average molecular weight is 340 g/mol. The molecule has 0 bridgehead atoms. The molecule has 0 amide bonds. The Morgan fingerprint density at radius 1 is 1.41 bits per heavy atom. The minimum absolute atomic E-state index is 0.0355. The van der Waals surface area contributed by atoms with E-state index in [0.717, 1.165) is 16.9 Å². The van der Waals surface area contributed by atoms with E-state index in [4.69, 9.17) is 5.11 Å². The SMILES string of the molecule is CC(C)c1cccc(S(=O)(=O)NCc2nc(C(=O)O)cs2)c1. The lowest BCUT2D eigenvalue weighted by molar-refractivity contribution is 0.0691. The molecule has 0 atom stereocenters. The summed E-state index contributed by atoms with van der Waals surface area (Å²) in [5.74, 6) is -0.901. The summed E-state index contributed by atoms with van der Waals surface area (Å²) in [7, 11) is -3.66. The summed E-state index contributed by atoms with van der Waals surface area (Å²) in [5, 5.41) is 10.6. The molecule has 0 saturated heterocycles. The number of sulfonamides is 1. The molecular weight excluding hydrogens is 324 g/mol. The van der Waals surface area contributed by atoms with Crippen LogP contribution in [0.25, 0.3) is 0 Å². The van der Waals surface area contributed by atoms with E-state index in [1.807, 2.05) is 19.9 Å². The average Bonchev–Trinajstić information content (AvgIpc) is 2.94. The van der Waals surface area contributed by atoms with E-state index >= 15 is 0 Å². The number of carbonyl (C=O) groups is 1. The highest BCUT2D eigenvalue weighted by atomic mass is 32.2. The highest BCUT2D eigenvalue weighted by molar-refractivity contribution is 7.89. The molecule has 2 aromatic rings. The van der Waals surface area contributed by atoms with Gasteiger partial charge in [0.05, 0.1) is 11.4 Å².